The second-order valence-electron chi connectivity index (χ2n) is 6.33. The molecule has 0 saturated heterocycles. The SMILES string of the molecule is CN=C(NCc1nc(-c2ccco2)n[nH]1)NCc1ccccc1Cn1cccn1. The van der Waals surface area contributed by atoms with Crippen LogP contribution in [0.1, 0.15) is 17.0 Å². The number of hydrogen-bond donors (Lipinski definition) is 3. The van der Waals surface area contributed by atoms with Gasteiger partial charge >= 0.3 is 0 Å². The Bertz CT molecular complexity index is 1050. The second kappa shape index (κ2) is 8.87. The number of benzene rings is 1. The third-order valence-electron chi connectivity index (χ3n) is 4.38. The molecule has 1 aromatic carbocycles. The summed E-state index contributed by atoms with van der Waals surface area (Å²) < 4.78 is 7.22. The van der Waals surface area contributed by atoms with Crippen LogP contribution in [0.15, 0.2) is 70.5 Å². The van der Waals surface area contributed by atoms with E-state index in [1.54, 1.807) is 25.6 Å². The Labute approximate surface area is 167 Å². The molecule has 3 N–H and O–H groups in total. The maximum Gasteiger partial charge on any atom is 0.216 e. The molecule has 0 bridgehead atoms. The number of aromatic nitrogens is 5. The lowest BCUT2D eigenvalue weighted by Gasteiger charge is -2.14. The largest absolute Gasteiger partial charge is 0.461 e. The molecule has 0 amide bonds. The van der Waals surface area contributed by atoms with Crippen molar-refractivity contribution in [2.24, 2.45) is 4.99 Å². The summed E-state index contributed by atoms with van der Waals surface area (Å²) >= 11 is 0. The Morgan fingerprint density at radius 2 is 1.97 bits per heavy atom. The molecule has 0 unspecified atom stereocenters. The van der Waals surface area contributed by atoms with Gasteiger partial charge in [-0.1, -0.05) is 24.3 Å². The van der Waals surface area contributed by atoms with Crippen molar-refractivity contribution < 1.29 is 4.42 Å². The van der Waals surface area contributed by atoms with Gasteiger partial charge < -0.3 is 15.1 Å². The highest BCUT2D eigenvalue weighted by atomic mass is 16.3. The molecule has 0 aliphatic heterocycles. The first-order chi connectivity index (χ1) is 14.3. The molecule has 0 atom stereocenters. The van der Waals surface area contributed by atoms with E-state index in [0.29, 0.717) is 36.5 Å². The van der Waals surface area contributed by atoms with Crippen LogP contribution in [0.25, 0.3) is 11.6 Å². The van der Waals surface area contributed by atoms with Gasteiger partial charge in [-0.3, -0.25) is 14.8 Å². The van der Waals surface area contributed by atoms with Crippen LogP contribution in [0.5, 0.6) is 0 Å². The molecule has 4 rings (SSSR count). The van der Waals surface area contributed by atoms with Crippen LogP contribution in [-0.4, -0.2) is 38.0 Å². The topological polar surface area (TPSA) is 109 Å². The highest BCUT2D eigenvalue weighted by Gasteiger charge is 2.09. The minimum Gasteiger partial charge on any atom is -0.461 e. The van der Waals surface area contributed by atoms with E-state index in [1.807, 2.05) is 35.1 Å². The van der Waals surface area contributed by atoms with Crippen LogP contribution in [0.2, 0.25) is 0 Å². The normalized spacial score (nSPS) is 11.6. The summed E-state index contributed by atoms with van der Waals surface area (Å²) in [5.41, 5.74) is 2.39. The summed E-state index contributed by atoms with van der Waals surface area (Å²) in [6.45, 7) is 1.83. The quantitative estimate of drug-likeness (QED) is 0.330. The lowest BCUT2D eigenvalue weighted by Crippen LogP contribution is -2.36. The third kappa shape index (κ3) is 4.70. The van der Waals surface area contributed by atoms with E-state index in [4.69, 9.17) is 4.42 Å². The predicted octanol–water partition coefficient (Wildman–Crippen LogP) is 2.17. The van der Waals surface area contributed by atoms with Crippen molar-refractivity contribution in [1.29, 1.82) is 0 Å². The van der Waals surface area contributed by atoms with E-state index in [1.165, 1.54) is 11.1 Å². The molecule has 0 spiro atoms. The Morgan fingerprint density at radius 1 is 1.10 bits per heavy atom. The Kier molecular flexibility index (Phi) is 5.65. The van der Waals surface area contributed by atoms with E-state index >= 15 is 0 Å². The Hall–Kier alpha value is -3.88. The number of guanidine groups is 1. The number of aromatic amines is 1. The Morgan fingerprint density at radius 3 is 2.72 bits per heavy atom. The van der Waals surface area contributed by atoms with Crippen LogP contribution in [0, 0.1) is 0 Å². The number of furan rings is 1. The monoisotopic (exact) mass is 390 g/mol. The van der Waals surface area contributed by atoms with Crippen molar-refractivity contribution in [2.45, 2.75) is 19.6 Å². The van der Waals surface area contributed by atoms with Crippen molar-refractivity contribution in [2.75, 3.05) is 7.05 Å². The highest BCUT2D eigenvalue weighted by molar-refractivity contribution is 5.79. The zero-order valence-corrected chi connectivity index (χ0v) is 16.0. The van der Waals surface area contributed by atoms with Gasteiger partial charge in [0.05, 0.1) is 19.4 Å². The molecular weight excluding hydrogens is 368 g/mol. The van der Waals surface area contributed by atoms with Gasteiger partial charge in [0.2, 0.25) is 5.82 Å². The van der Waals surface area contributed by atoms with Gasteiger partial charge in [-0.05, 0) is 29.3 Å². The molecule has 0 saturated carbocycles. The lowest BCUT2D eigenvalue weighted by atomic mass is 10.1. The molecule has 9 nitrogen and oxygen atoms in total. The van der Waals surface area contributed by atoms with E-state index in [0.717, 1.165) is 6.54 Å². The zero-order chi connectivity index (χ0) is 19.9. The summed E-state index contributed by atoms with van der Waals surface area (Å²) in [5, 5.41) is 17.9. The molecular formula is C20H22N8O. The average Bonchev–Trinajstić information content (AvgIpc) is 3.51. The smallest absolute Gasteiger partial charge is 0.216 e. The lowest BCUT2D eigenvalue weighted by molar-refractivity contribution is 0.577. The molecule has 0 aliphatic carbocycles. The molecule has 9 heteroatoms. The number of nitrogens with one attached hydrogen (secondary N) is 3. The first kappa shape index (κ1) is 18.5. The van der Waals surface area contributed by atoms with E-state index in [9.17, 15) is 0 Å². The van der Waals surface area contributed by atoms with E-state index in [-0.39, 0.29) is 0 Å². The van der Waals surface area contributed by atoms with Crippen molar-refractivity contribution in [3.63, 3.8) is 0 Å². The number of hydrogen-bond acceptors (Lipinski definition) is 5. The number of aliphatic imine (C=N–C) groups is 1. The van der Waals surface area contributed by atoms with Crippen molar-refractivity contribution in [3.8, 4) is 11.6 Å². The molecule has 0 aliphatic rings. The van der Waals surface area contributed by atoms with Crippen LogP contribution in [0.3, 0.4) is 0 Å². The van der Waals surface area contributed by atoms with Gasteiger partial charge in [-0.2, -0.15) is 5.10 Å². The molecule has 29 heavy (non-hydrogen) atoms. The van der Waals surface area contributed by atoms with Gasteiger partial charge in [-0.25, -0.2) is 4.98 Å². The first-order valence-electron chi connectivity index (χ1n) is 9.25. The second-order valence-corrected chi connectivity index (χ2v) is 6.33. The number of nitrogens with zero attached hydrogens (tertiary/aromatic N) is 5. The zero-order valence-electron chi connectivity index (χ0n) is 16.0. The van der Waals surface area contributed by atoms with Gasteiger partial charge in [0.1, 0.15) is 5.82 Å². The minimum absolute atomic E-state index is 0.461. The molecule has 0 radical (unpaired) electrons. The average molecular weight is 390 g/mol. The summed E-state index contributed by atoms with van der Waals surface area (Å²) in [7, 11) is 1.74. The van der Waals surface area contributed by atoms with Crippen molar-refractivity contribution in [3.05, 3.63) is 78.1 Å². The molecule has 4 aromatic rings. The molecule has 148 valence electrons. The number of H-pyrrole nitrogens is 1. The third-order valence-corrected chi connectivity index (χ3v) is 4.38. The van der Waals surface area contributed by atoms with Gasteiger partial charge in [0.25, 0.3) is 0 Å². The van der Waals surface area contributed by atoms with E-state index in [2.05, 4.69) is 48.0 Å². The van der Waals surface area contributed by atoms with Crippen LogP contribution < -0.4 is 10.6 Å². The van der Waals surface area contributed by atoms with Crippen LogP contribution >= 0.6 is 0 Å². The number of rotatable bonds is 7. The highest BCUT2D eigenvalue weighted by Crippen LogP contribution is 2.14. The van der Waals surface area contributed by atoms with Gasteiger partial charge in [0, 0.05) is 26.0 Å². The maximum atomic E-state index is 5.31. The summed E-state index contributed by atoms with van der Waals surface area (Å²) in [5.74, 6) is 2.53. The fraction of sp³-hybridized carbons (Fsp3) is 0.200. The van der Waals surface area contributed by atoms with Crippen molar-refractivity contribution >= 4 is 5.96 Å². The maximum absolute atomic E-state index is 5.31. The van der Waals surface area contributed by atoms with Gasteiger partial charge in [0.15, 0.2) is 11.7 Å². The fourth-order valence-electron chi connectivity index (χ4n) is 2.91. The van der Waals surface area contributed by atoms with E-state index < -0.39 is 0 Å². The molecule has 3 heterocycles. The van der Waals surface area contributed by atoms with Crippen LogP contribution in [0.4, 0.5) is 0 Å². The molecule has 0 fully saturated rings. The van der Waals surface area contributed by atoms with Gasteiger partial charge in [-0.15, -0.1) is 5.10 Å². The van der Waals surface area contributed by atoms with Crippen LogP contribution in [-0.2, 0) is 19.6 Å². The summed E-state index contributed by atoms with van der Waals surface area (Å²) in [4.78, 5) is 8.69. The first-order valence-corrected chi connectivity index (χ1v) is 9.25. The minimum atomic E-state index is 0.461. The summed E-state index contributed by atoms with van der Waals surface area (Å²) in [6.07, 6.45) is 5.34. The predicted molar refractivity (Wildman–Crippen MR) is 109 cm³/mol. The molecule has 3 aromatic heterocycles. The Balaban J connectivity index is 1.33. The standard InChI is InChI=1S/C20H22N8O/c1-21-20(23-13-18-25-19(27-26-18)17-8-4-11-29-17)22-12-15-6-2-3-7-16(15)14-28-10-5-9-24-28/h2-11H,12-14H2,1H3,(H2,21,22,23)(H,25,26,27). The fourth-order valence-corrected chi connectivity index (χ4v) is 2.91. The van der Waals surface area contributed by atoms with Crippen molar-refractivity contribution in [1.82, 2.24) is 35.6 Å². The summed E-state index contributed by atoms with van der Waals surface area (Å²) in [6, 6.07) is 13.8.